The van der Waals surface area contributed by atoms with Crippen LogP contribution >= 0.6 is 23.1 Å². The average molecular weight is 306 g/mol. The van der Waals surface area contributed by atoms with Gasteiger partial charge in [0.05, 0.1) is 10.6 Å². The fourth-order valence-electron chi connectivity index (χ4n) is 1.70. The Morgan fingerprint density at radius 1 is 1.20 bits per heavy atom. The highest BCUT2D eigenvalue weighted by atomic mass is 32.2. The van der Waals surface area contributed by atoms with E-state index in [4.69, 9.17) is 4.52 Å². The lowest BCUT2D eigenvalue weighted by Gasteiger charge is -1.99. The lowest BCUT2D eigenvalue weighted by Crippen LogP contribution is -1.85. The Labute approximate surface area is 123 Å². The molecule has 2 aromatic heterocycles. The van der Waals surface area contributed by atoms with Crippen LogP contribution in [0.1, 0.15) is 11.5 Å². The van der Waals surface area contributed by atoms with Crippen LogP contribution in [0.3, 0.4) is 0 Å². The third-order valence-corrected chi connectivity index (χ3v) is 4.45. The minimum Gasteiger partial charge on any atom is -0.338 e. The van der Waals surface area contributed by atoms with E-state index in [-0.39, 0.29) is 5.82 Å². The highest BCUT2D eigenvalue weighted by molar-refractivity contribution is 7.97. The van der Waals surface area contributed by atoms with Crippen LogP contribution in [0.15, 0.2) is 46.3 Å². The molecule has 0 radical (unpaired) electrons. The van der Waals surface area contributed by atoms with E-state index in [1.807, 2.05) is 23.6 Å². The Morgan fingerprint density at radius 2 is 2.15 bits per heavy atom. The summed E-state index contributed by atoms with van der Waals surface area (Å²) in [7, 11) is 0. The molecule has 0 bridgehead atoms. The zero-order valence-corrected chi connectivity index (χ0v) is 12.1. The number of thiophene rings is 1. The predicted molar refractivity (Wildman–Crippen MR) is 79.0 cm³/mol. The molecule has 3 nitrogen and oxygen atoms in total. The fraction of sp³-hybridized carbons (Fsp3) is 0.143. The molecule has 1 aromatic carbocycles. The fourth-order valence-corrected chi connectivity index (χ4v) is 3.16. The van der Waals surface area contributed by atoms with Gasteiger partial charge >= 0.3 is 0 Å². The maximum atomic E-state index is 13.0. The monoisotopic (exact) mass is 306 g/mol. The molecule has 0 saturated heterocycles. The number of halogens is 1. The van der Waals surface area contributed by atoms with Crippen LogP contribution in [0.4, 0.5) is 4.39 Å². The molecule has 0 N–H and O–H groups in total. The minimum atomic E-state index is -0.208. The second-order valence-corrected chi connectivity index (χ2v) is 6.05. The van der Waals surface area contributed by atoms with Crippen LogP contribution in [-0.2, 0) is 11.5 Å². The Kier molecular flexibility index (Phi) is 4.13. The van der Waals surface area contributed by atoms with Crippen LogP contribution in [0.2, 0.25) is 0 Å². The van der Waals surface area contributed by atoms with Gasteiger partial charge in [-0.2, -0.15) is 4.98 Å². The third-order valence-electron chi connectivity index (χ3n) is 2.59. The molecule has 0 aliphatic heterocycles. The smallest absolute Gasteiger partial charge is 0.236 e. The van der Waals surface area contributed by atoms with Crippen molar-refractivity contribution in [3.8, 4) is 10.7 Å². The molecule has 0 aliphatic rings. The second kappa shape index (κ2) is 6.19. The molecule has 0 saturated carbocycles. The predicted octanol–water partition coefficient (Wildman–Crippen LogP) is 4.37. The molecule has 102 valence electrons. The number of hydrogen-bond donors (Lipinski definition) is 0. The normalized spacial score (nSPS) is 10.8. The topological polar surface area (TPSA) is 38.9 Å². The average Bonchev–Trinajstić information content (AvgIpc) is 3.09. The minimum absolute atomic E-state index is 0.208. The van der Waals surface area contributed by atoms with E-state index < -0.39 is 0 Å². The summed E-state index contributed by atoms with van der Waals surface area (Å²) in [5.41, 5.74) is 0.952. The van der Waals surface area contributed by atoms with Gasteiger partial charge in [-0.3, -0.25) is 0 Å². The SMILES string of the molecule is Fc1cccc(CSCc2nc(-c3cccs3)no2)c1. The molecular formula is C14H11FN2OS2. The molecule has 20 heavy (non-hydrogen) atoms. The standard InChI is InChI=1S/C14H11FN2OS2/c15-11-4-1-3-10(7-11)8-19-9-13-16-14(17-18-13)12-5-2-6-20-12/h1-7H,8-9H2. The van der Waals surface area contributed by atoms with Gasteiger partial charge in [-0.05, 0) is 29.1 Å². The second-order valence-electron chi connectivity index (χ2n) is 4.11. The molecular weight excluding hydrogens is 295 g/mol. The maximum absolute atomic E-state index is 13.0. The summed E-state index contributed by atoms with van der Waals surface area (Å²) < 4.78 is 18.2. The first-order chi connectivity index (χ1) is 9.81. The van der Waals surface area contributed by atoms with E-state index in [1.54, 1.807) is 29.2 Å². The third kappa shape index (κ3) is 3.26. The Balaban J connectivity index is 1.57. The highest BCUT2D eigenvalue weighted by Gasteiger charge is 2.09. The van der Waals surface area contributed by atoms with Crippen LogP contribution < -0.4 is 0 Å². The number of hydrogen-bond acceptors (Lipinski definition) is 5. The summed E-state index contributed by atoms with van der Waals surface area (Å²) in [6.07, 6.45) is 0. The van der Waals surface area contributed by atoms with Crippen molar-refractivity contribution in [2.24, 2.45) is 0 Å². The first-order valence-electron chi connectivity index (χ1n) is 6.00. The van der Waals surface area contributed by atoms with Crippen LogP contribution in [-0.4, -0.2) is 10.1 Å². The number of nitrogens with zero attached hydrogens (tertiary/aromatic N) is 2. The molecule has 0 fully saturated rings. The van der Waals surface area contributed by atoms with Gasteiger partial charge in [-0.1, -0.05) is 23.4 Å². The van der Waals surface area contributed by atoms with Gasteiger partial charge in [-0.15, -0.1) is 23.1 Å². The van der Waals surface area contributed by atoms with Crippen molar-refractivity contribution in [2.45, 2.75) is 11.5 Å². The van der Waals surface area contributed by atoms with Crippen LogP contribution in [0.5, 0.6) is 0 Å². The summed E-state index contributed by atoms with van der Waals surface area (Å²) in [5.74, 6) is 2.35. The van der Waals surface area contributed by atoms with E-state index >= 15 is 0 Å². The van der Waals surface area contributed by atoms with Crippen molar-refractivity contribution in [1.82, 2.24) is 10.1 Å². The molecule has 3 aromatic rings. The van der Waals surface area contributed by atoms with E-state index in [2.05, 4.69) is 10.1 Å². The maximum Gasteiger partial charge on any atom is 0.236 e. The zero-order valence-electron chi connectivity index (χ0n) is 10.5. The van der Waals surface area contributed by atoms with Crippen molar-refractivity contribution in [1.29, 1.82) is 0 Å². The van der Waals surface area contributed by atoms with Crippen LogP contribution in [0, 0.1) is 5.82 Å². The van der Waals surface area contributed by atoms with Gasteiger partial charge in [-0.25, -0.2) is 4.39 Å². The van der Waals surface area contributed by atoms with E-state index in [0.29, 0.717) is 23.2 Å². The lowest BCUT2D eigenvalue weighted by molar-refractivity contribution is 0.392. The van der Waals surface area contributed by atoms with Crippen molar-refractivity contribution >= 4 is 23.1 Å². The molecule has 0 aliphatic carbocycles. The van der Waals surface area contributed by atoms with Gasteiger partial charge in [0.2, 0.25) is 11.7 Å². The first kappa shape index (κ1) is 13.3. The molecule has 6 heteroatoms. The summed E-state index contributed by atoms with van der Waals surface area (Å²) in [6, 6.07) is 10.5. The molecule has 0 amide bonds. The van der Waals surface area contributed by atoms with Gasteiger partial charge < -0.3 is 4.52 Å². The molecule has 0 atom stereocenters. The van der Waals surface area contributed by atoms with Crippen molar-refractivity contribution in [2.75, 3.05) is 0 Å². The van der Waals surface area contributed by atoms with Crippen molar-refractivity contribution in [3.05, 3.63) is 59.0 Å². The molecule has 0 spiro atoms. The van der Waals surface area contributed by atoms with E-state index in [0.717, 1.165) is 10.4 Å². The van der Waals surface area contributed by atoms with Gasteiger partial charge in [0, 0.05) is 5.75 Å². The molecule has 3 rings (SSSR count). The Bertz CT molecular complexity index is 682. The Hall–Kier alpha value is -1.66. The van der Waals surface area contributed by atoms with Gasteiger partial charge in [0.25, 0.3) is 0 Å². The highest BCUT2D eigenvalue weighted by Crippen LogP contribution is 2.23. The number of benzene rings is 1. The van der Waals surface area contributed by atoms with E-state index in [1.165, 1.54) is 12.1 Å². The van der Waals surface area contributed by atoms with Crippen molar-refractivity contribution in [3.63, 3.8) is 0 Å². The number of thioether (sulfide) groups is 1. The lowest BCUT2D eigenvalue weighted by atomic mass is 10.2. The van der Waals surface area contributed by atoms with E-state index in [9.17, 15) is 4.39 Å². The summed E-state index contributed by atoms with van der Waals surface area (Å²) in [6.45, 7) is 0. The van der Waals surface area contributed by atoms with Gasteiger partial charge in [0.15, 0.2) is 0 Å². The summed E-state index contributed by atoms with van der Waals surface area (Å²) in [4.78, 5) is 5.33. The summed E-state index contributed by atoms with van der Waals surface area (Å²) >= 11 is 3.20. The first-order valence-corrected chi connectivity index (χ1v) is 8.03. The summed E-state index contributed by atoms with van der Waals surface area (Å²) in [5, 5.41) is 5.93. The molecule has 2 heterocycles. The quantitative estimate of drug-likeness (QED) is 0.701. The van der Waals surface area contributed by atoms with Gasteiger partial charge in [0.1, 0.15) is 5.82 Å². The number of aromatic nitrogens is 2. The molecule has 0 unspecified atom stereocenters. The zero-order chi connectivity index (χ0) is 13.8. The Morgan fingerprint density at radius 3 is 2.95 bits per heavy atom. The van der Waals surface area contributed by atoms with Crippen LogP contribution in [0.25, 0.3) is 10.7 Å². The van der Waals surface area contributed by atoms with Crippen molar-refractivity contribution < 1.29 is 8.91 Å². The number of rotatable bonds is 5. The largest absolute Gasteiger partial charge is 0.338 e.